The lowest BCUT2D eigenvalue weighted by Crippen LogP contribution is -2.61. The molecular formula is C27H28O12. The van der Waals surface area contributed by atoms with E-state index in [1.807, 2.05) is 6.92 Å². The summed E-state index contributed by atoms with van der Waals surface area (Å²) in [6.07, 6.45) is -5.87. The maximum absolute atomic E-state index is 13.6. The Morgan fingerprint density at radius 1 is 0.949 bits per heavy atom. The van der Waals surface area contributed by atoms with E-state index < -0.39 is 59.6 Å². The molecule has 12 nitrogen and oxygen atoms in total. The molecule has 1 unspecified atom stereocenters. The van der Waals surface area contributed by atoms with Crippen LogP contribution in [0, 0.1) is 0 Å². The van der Waals surface area contributed by atoms with Crippen molar-refractivity contribution in [1.82, 2.24) is 0 Å². The highest BCUT2D eigenvalue weighted by atomic mass is 16.7. The lowest BCUT2D eigenvalue weighted by atomic mass is 9.95. The first-order valence-corrected chi connectivity index (χ1v) is 12.2. The molecule has 1 aliphatic rings. The number of hydrogen-bond donors (Lipinski definition) is 4. The SMILES string of the molecule is CCC[C@@H]1OC(Oc2c(-c3ccc(O)cc3)oc3cc(O)cc(O)c3c2=O)[C@H](O)[C@H](OC(C)=O)[C@H]1OC(C)=O. The number of esters is 2. The average molecular weight is 545 g/mol. The molecule has 3 aromatic rings. The molecule has 1 aliphatic heterocycles. The van der Waals surface area contributed by atoms with Crippen molar-refractivity contribution in [2.75, 3.05) is 0 Å². The number of aliphatic hydroxyl groups is 1. The van der Waals surface area contributed by atoms with Gasteiger partial charge in [0, 0.05) is 31.5 Å². The first kappa shape index (κ1) is 27.7. The van der Waals surface area contributed by atoms with Gasteiger partial charge < -0.3 is 43.8 Å². The first-order chi connectivity index (χ1) is 18.5. The fraction of sp³-hybridized carbons (Fsp3) is 0.370. The molecular weight excluding hydrogens is 516 g/mol. The molecule has 4 rings (SSSR count). The van der Waals surface area contributed by atoms with Gasteiger partial charge in [0.25, 0.3) is 0 Å². The minimum atomic E-state index is -1.72. The highest BCUT2D eigenvalue weighted by molar-refractivity contribution is 5.88. The summed E-state index contributed by atoms with van der Waals surface area (Å²) in [5.41, 5.74) is -0.741. The summed E-state index contributed by atoms with van der Waals surface area (Å²) in [5, 5.41) is 40.8. The monoisotopic (exact) mass is 544 g/mol. The van der Waals surface area contributed by atoms with Crippen molar-refractivity contribution >= 4 is 22.9 Å². The number of fused-ring (bicyclic) bond motifs is 1. The minimum Gasteiger partial charge on any atom is -0.508 e. The van der Waals surface area contributed by atoms with Gasteiger partial charge in [-0.2, -0.15) is 0 Å². The Morgan fingerprint density at radius 2 is 1.59 bits per heavy atom. The molecule has 5 atom stereocenters. The van der Waals surface area contributed by atoms with E-state index in [-0.39, 0.29) is 33.8 Å². The van der Waals surface area contributed by atoms with Crippen LogP contribution >= 0.6 is 0 Å². The molecule has 0 aliphatic carbocycles. The fourth-order valence-corrected chi connectivity index (χ4v) is 4.46. The highest BCUT2D eigenvalue weighted by Gasteiger charge is 2.50. The number of ether oxygens (including phenoxy) is 4. The summed E-state index contributed by atoms with van der Waals surface area (Å²) >= 11 is 0. The molecule has 2 aromatic carbocycles. The smallest absolute Gasteiger partial charge is 0.303 e. The zero-order valence-electron chi connectivity index (χ0n) is 21.3. The van der Waals surface area contributed by atoms with Crippen LogP contribution in [0.1, 0.15) is 33.6 Å². The van der Waals surface area contributed by atoms with Crippen molar-refractivity contribution in [3.05, 3.63) is 46.6 Å². The fourth-order valence-electron chi connectivity index (χ4n) is 4.46. The van der Waals surface area contributed by atoms with Crippen LogP contribution in [-0.2, 0) is 23.8 Å². The molecule has 1 aromatic heterocycles. The zero-order valence-corrected chi connectivity index (χ0v) is 21.3. The van der Waals surface area contributed by atoms with Gasteiger partial charge in [-0.3, -0.25) is 14.4 Å². The van der Waals surface area contributed by atoms with E-state index in [0.717, 1.165) is 26.0 Å². The van der Waals surface area contributed by atoms with Crippen LogP contribution in [0.2, 0.25) is 0 Å². The van der Waals surface area contributed by atoms with Gasteiger partial charge >= 0.3 is 11.9 Å². The standard InChI is InChI=1S/C27H28O12/c1-4-5-18-24(35-12(2)28)26(36-13(3)29)22(34)27(38-18)39-25-21(33)20-17(32)10-16(31)11-19(20)37-23(25)14-6-8-15(30)9-7-14/h6-11,18,22,24,26-27,30-32,34H,4-5H2,1-3H3/t18-,22+,24-,26-,27?/m0/s1. The molecule has 0 bridgehead atoms. The number of carbonyl (C=O) groups excluding carboxylic acids is 2. The number of hydrogen-bond acceptors (Lipinski definition) is 12. The van der Waals surface area contributed by atoms with Crippen molar-refractivity contribution in [3.63, 3.8) is 0 Å². The Labute approximate surface area is 221 Å². The number of aliphatic hydroxyl groups excluding tert-OH is 1. The van der Waals surface area contributed by atoms with Gasteiger partial charge in [-0.05, 0) is 30.7 Å². The Bertz CT molecular complexity index is 1430. The van der Waals surface area contributed by atoms with Gasteiger partial charge in [-0.25, -0.2) is 0 Å². The number of phenolic OH excluding ortho intramolecular Hbond substituents is 3. The molecule has 1 saturated heterocycles. The second-order valence-electron chi connectivity index (χ2n) is 9.06. The van der Waals surface area contributed by atoms with E-state index in [1.165, 1.54) is 24.3 Å². The Balaban J connectivity index is 1.85. The molecule has 39 heavy (non-hydrogen) atoms. The van der Waals surface area contributed by atoms with Gasteiger partial charge in [0.05, 0.1) is 0 Å². The summed E-state index contributed by atoms with van der Waals surface area (Å²) in [5.74, 6) is -3.07. The highest BCUT2D eigenvalue weighted by Crippen LogP contribution is 2.38. The van der Waals surface area contributed by atoms with Crippen LogP contribution in [0.15, 0.2) is 45.6 Å². The first-order valence-electron chi connectivity index (χ1n) is 12.2. The van der Waals surface area contributed by atoms with E-state index >= 15 is 0 Å². The quantitative estimate of drug-likeness (QED) is 0.320. The third kappa shape index (κ3) is 5.76. The van der Waals surface area contributed by atoms with Gasteiger partial charge in [0.15, 0.2) is 24.1 Å². The maximum Gasteiger partial charge on any atom is 0.303 e. The Hall–Kier alpha value is -4.29. The predicted molar refractivity (Wildman–Crippen MR) is 134 cm³/mol. The molecule has 208 valence electrons. The van der Waals surface area contributed by atoms with Crippen molar-refractivity contribution in [3.8, 4) is 34.3 Å². The van der Waals surface area contributed by atoms with Crippen LogP contribution < -0.4 is 10.2 Å². The predicted octanol–water partition coefficient (Wildman–Crippen LogP) is 2.70. The molecule has 0 radical (unpaired) electrons. The van der Waals surface area contributed by atoms with Gasteiger partial charge in [-0.1, -0.05) is 13.3 Å². The third-order valence-electron chi connectivity index (χ3n) is 6.07. The van der Waals surface area contributed by atoms with Crippen LogP contribution in [0.3, 0.4) is 0 Å². The van der Waals surface area contributed by atoms with E-state index in [4.69, 9.17) is 23.4 Å². The molecule has 4 N–H and O–H groups in total. The van der Waals surface area contributed by atoms with Crippen LogP contribution in [0.4, 0.5) is 0 Å². The van der Waals surface area contributed by atoms with Gasteiger partial charge in [0.1, 0.15) is 34.3 Å². The molecule has 1 fully saturated rings. The number of rotatable bonds is 7. The number of phenols is 3. The van der Waals surface area contributed by atoms with Crippen molar-refractivity contribution < 1.29 is 53.4 Å². The summed E-state index contributed by atoms with van der Waals surface area (Å²) < 4.78 is 28.3. The zero-order chi connectivity index (χ0) is 28.4. The minimum absolute atomic E-state index is 0.0613. The number of benzene rings is 2. The molecule has 0 saturated carbocycles. The second kappa shape index (κ2) is 11.2. The maximum atomic E-state index is 13.6. The largest absolute Gasteiger partial charge is 0.508 e. The normalized spacial score (nSPS) is 22.8. The van der Waals surface area contributed by atoms with Gasteiger partial charge in [0.2, 0.25) is 17.5 Å². The summed E-state index contributed by atoms with van der Waals surface area (Å²) in [6.45, 7) is 4.13. The topological polar surface area (TPSA) is 182 Å². The van der Waals surface area contributed by atoms with Crippen LogP contribution in [0.25, 0.3) is 22.3 Å². The second-order valence-corrected chi connectivity index (χ2v) is 9.06. The van der Waals surface area contributed by atoms with Gasteiger partial charge in [-0.15, -0.1) is 0 Å². The van der Waals surface area contributed by atoms with E-state index in [0.29, 0.717) is 12.8 Å². The summed E-state index contributed by atoms with van der Waals surface area (Å²) in [6, 6.07) is 7.64. The van der Waals surface area contributed by atoms with Crippen molar-refractivity contribution in [2.24, 2.45) is 0 Å². The molecule has 0 spiro atoms. The molecule has 12 heteroatoms. The van der Waals surface area contributed by atoms with E-state index in [1.54, 1.807) is 0 Å². The lowest BCUT2D eigenvalue weighted by Gasteiger charge is -2.43. The Morgan fingerprint density at radius 3 is 2.21 bits per heavy atom. The average Bonchev–Trinajstić information content (AvgIpc) is 2.85. The van der Waals surface area contributed by atoms with Crippen molar-refractivity contribution in [1.29, 1.82) is 0 Å². The number of carbonyl (C=O) groups is 2. The van der Waals surface area contributed by atoms with Crippen LogP contribution in [0.5, 0.6) is 23.0 Å². The molecule has 0 amide bonds. The number of aromatic hydroxyl groups is 3. The van der Waals surface area contributed by atoms with Crippen LogP contribution in [-0.4, -0.2) is 63.1 Å². The third-order valence-corrected chi connectivity index (χ3v) is 6.07. The Kier molecular flexibility index (Phi) is 7.98. The van der Waals surface area contributed by atoms with E-state index in [2.05, 4.69) is 0 Å². The van der Waals surface area contributed by atoms with E-state index in [9.17, 15) is 34.8 Å². The lowest BCUT2D eigenvalue weighted by molar-refractivity contribution is -0.280. The summed E-state index contributed by atoms with van der Waals surface area (Å²) in [4.78, 5) is 37.3. The summed E-state index contributed by atoms with van der Waals surface area (Å²) in [7, 11) is 0. The van der Waals surface area contributed by atoms with Crippen molar-refractivity contribution in [2.45, 2.75) is 64.3 Å². The molecule has 2 heterocycles.